The first kappa shape index (κ1) is 41.0. The molecule has 281 valence electrons. The van der Waals surface area contributed by atoms with E-state index >= 15 is 0 Å². The molecule has 0 atom stereocenters. The van der Waals surface area contributed by atoms with E-state index in [9.17, 15) is 0 Å². The molecular weight excluding hydrogens is 853 g/mol. The minimum atomic E-state index is -1.39. The Labute approximate surface area is 338 Å². The molecular formula is C49H54IrN2OSi-2. The van der Waals surface area contributed by atoms with Gasteiger partial charge in [0.15, 0.2) is 0 Å². The summed E-state index contributed by atoms with van der Waals surface area (Å²) in [4.78, 5) is 9.44. The summed E-state index contributed by atoms with van der Waals surface area (Å²) in [5, 5.41) is 3.73. The van der Waals surface area contributed by atoms with Gasteiger partial charge in [0.1, 0.15) is 5.58 Å². The van der Waals surface area contributed by atoms with E-state index in [1.165, 1.54) is 38.6 Å². The molecule has 0 fully saturated rings. The standard InChI is InChI=1S/C28H24NO.C21H30NSi.Ir/c1-18(2)16-20-14-15-29-25(17-20)23-13-12-22(21-10-8-19(3)9-11-21)27-24-6-4-5-7-26(24)30-28(23)27;1-15-9-10-17(11-16(15)2)19-12-18(13-21(3,4)5)20(14-22-19)23(6,7)8;/h4-12,14-15,17-18H,16H2,1-3H3;9,11-12,14H,13H2,1-8H3;/q2*-1;. The number of hydrogen-bond donors (Lipinski definition) is 0. The van der Waals surface area contributed by atoms with Crippen LogP contribution in [0.5, 0.6) is 0 Å². The fourth-order valence-corrected chi connectivity index (χ4v) is 8.56. The van der Waals surface area contributed by atoms with Gasteiger partial charge in [-0.2, -0.15) is 0 Å². The van der Waals surface area contributed by atoms with Crippen molar-refractivity contribution in [3.05, 3.63) is 137 Å². The molecule has 1 radical (unpaired) electrons. The van der Waals surface area contributed by atoms with Gasteiger partial charge >= 0.3 is 0 Å². The SMILES string of the molecule is Cc1c[c-]c(-c2cc(CC(C)(C)C)c([Si](C)(C)C)cn2)cc1C.Cc1ccc(-c2c[c-]c(-c3cc(CC(C)C)ccn3)c3oc4ccccc4c23)cc1.[Ir]. The van der Waals surface area contributed by atoms with Gasteiger partial charge in [-0.1, -0.05) is 156 Å². The van der Waals surface area contributed by atoms with Crippen molar-refractivity contribution in [2.24, 2.45) is 11.3 Å². The Morgan fingerprint density at radius 3 is 2.19 bits per heavy atom. The van der Waals surface area contributed by atoms with Crippen LogP contribution in [0, 0.1) is 44.2 Å². The second kappa shape index (κ2) is 16.7. The molecule has 0 unspecified atom stereocenters. The van der Waals surface area contributed by atoms with Crippen molar-refractivity contribution in [1.29, 1.82) is 0 Å². The zero-order chi connectivity index (χ0) is 38.1. The summed E-state index contributed by atoms with van der Waals surface area (Å²) in [5.41, 5.74) is 14.9. The molecule has 0 aliphatic heterocycles. The summed E-state index contributed by atoms with van der Waals surface area (Å²) in [6.45, 7) is 25.0. The molecule has 54 heavy (non-hydrogen) atoms. The zero-order valence-electron chi connectivity index (χ0n) is 33.9. The van der Waals surface area contributed by atoms with Crippen molar-refractivity contribution < 1.29 is 24.5 Å². The number of nitrogens with zero attached hydrogens (tertiary/aromatic N) is 2. The number of furan rings is 1. The minimum absolute atomic E-state index is 0. The van der Waals surface area contributed by atoms with Gasteiger partial charge < -0.3 is 14.4 Å². The van der Waals surface area contributed by atoms with Crippen LogP contribution in [0.3, 0.4) is 0 Å². The second-order valence-corrected chi connectivity index (χ2v) is 22.4. The summed E-state index contributed by atoms with van der Waals surface area (Å²) in [7, 11) is -1.39. The van der Waals surface area contributed by atoms with Crippen molar-refractivity contribution in [3.8, 4) is 33.6 Å². The second-order valence-electron chi connectivity index (χ2n) is 17.3. The number of pyridine rings is 2. The van der Waals surface area contributed by atoms with Crippen molar-refractivity contribution in [3.63, 3.8) is 0 Å². The fourth-order valence-electron chi connectivity index (χ4n) is 6.99. The number of hydrogen-bond acceptors (Lipinski definition) is 3. The molecule has 0 bridgehead atoms. The van der Waals surface area contributed by atoms with Crippen LogP contribution in [0.2, 0.25) is 19.6 Å². The predicted molar refractivity (Wildman–Crippen MR) is 229 cm³/mol. The van der Waals surface area contributed by atoms with E-state index in [4.69, 9.17) is 9.40 Å². The van der Waals surface area contributed by atoms with E-state index in [-0.39, 0.29) is 25.5 Å². The van der Waals surface area contributed by atoms with Gasteiger partial charge in [-0.25, -0.2) is 0 Å². The Hall–Kier alpha value is -4.15. The third-order valence-electron chi connectivity index (χ3n) is 9.76. The van der Waals surface area contributed by atoms with Gasteiger partial charge in [0.25, 0.3) is 0 Å². The van der Waals surface area contributed by atoms with Crippen LogP contribution in [0.1, 0.15) is 62.4 Å². The first-order chi connectivity index (χ1) is 25.1. The van der Waals surface area contributed by atoms with E-state index in [1.54, 1.807) is 0 Å². The Bertz CT molecular complexity index is 2380. The van der Waals surface area contributed by atoms with Crippen LogP contribution in [0.25, 0.3) is 55.6 Å². The van der Waals surface area contributed by atoms with Crippen molar-refractivity contribution in [2.75, 3.05) is 0 Å². The molecule has 7 aromatic rings. The number of rotatable bonds is 7. The average Bonchev–Trinajstić information content (AvgIpc) is 3.48. The van der Waals surface area contributed by atoms with E-state index in [1.807, 2.05) is 18.3 Å². The van der Waals surface area contributed by atoms with E-state index < -0.39 is 8.07 Å². The van der Waals surface area contributed by atoms with Gasteiger partial charge in [-0.15, -0.1) is 47.0 Å². The zero-order valence-corrected chi connectivity index (χ0v) is 37.3. The summed E-state index contributed by atoms with van der Waals surface area (Å²) in [6, 6.07) is 36.7. The molecule has 0 aliphatic carbocycles. The molecule has 0 amide bonds. The van der Waals surface area contributed by atoms with Crippen LogP contribution in [0.4, 0.5) is 0 Å². The monoisotopic (exact) mass is 907 g/mol. The van der Waals surface area contributed by atoms with E-state index in [0.29, 0.717) is 5.92 Å². The van der Waals surface area contributed by atoms with Gasteiger partial charge in [-0.05, 0) is 65.2 Å². The smallest absolute Gasteiger partial charge is 0.120 e. The van der Waals surface area contributed by atoms with Crippen LogP contribution < -0.4 is 5.19 Å². The topological polar surface area (TPSA) is 38.9 Å². The minimum Gasteiger partial charge on any atom is -0.501 e. The maximum Gasteiger partial charge on any atom is 0.120 e. The molecule has 0 saturated heterocycles. The fraction of sp³-hybridized carbons (Fsp3) is 0.306. The summed E-state index contributed by atoms with van der Waals surface area (Å²) in [6.07, 6.45) is 6.14. The Morgan fingerprint density at radius 2 is 1.52 bits per heavy atom. The largest absolute Gasteiger partial charge is 0.501 e. The maximum absolute atomic E-state index is 6.37. The summed E-state index contributed by atoms with van der Waals surface area (Å²) in [5.74, 6) is 0.597. The third-order valence-corrected chi connectivity index (χ3v) is 11.8. The molecule has 0 aliphatic rings. The number of aryl methyl sites for hydroxylation is 3. The number of benzene rings is 4. The van der Waals surface area contributed by atoms with Crippen molar-refractivity contribution in [1.82, 2.24) is 9.97 Å². The molecule has 7 rings (SSSR count). The van der Waals surface area contributed by atoms with E-state index in [0.717, 1.165) is 62.9 Å². The molecule has 3 heterocycles. The Morgan fingerprint density at radius 1 is 0.796 bits per heavy atom. The maximum atomic E-state index is 6.37. The van der Waals surface area contributed by atoms with Gasteiger partial charge in [0, 0.05) is 37.9 Å². The quantitative estimate of drug-likeness (QED) is 0.118. The first-order valence-corrected chi connectivity index (χ1v) is 22.4. The molecule has 0 saturated carbocycles. The number of aromatic nitrogens is 2. The number of para-hydroxylation sites is 1. The van der Waals surface area contributed by atoms with Crippen LogP contribution >= 0.6 is 0 Å². The molecule has 3 nitrogen and oxygen atoms in total. The molecule has 5 heteroatoms. The predicted octanol–water partition coefficient (Wildman–Crippen LogP) is 12.9. The van der Waals surface area contributed by atoms with Gasteiger partial charge in [-0.3, -0.25) is 0 Å². The molecule has 0 spiro atoms. The van der Waals surface area contributed by atoms with Crippen LogP contribution in [-0.4, -0.2) is 18.0 Å². The molecule has 0 N–H and O–H groups in total. The van der Waals surface area contributed by atoms with Gasteiger partial charge in [0.2, 0.25) is 0 Å². The Kier molecular flexibility index (Phi) is 12.7. The van der Waals surface area contributed by atoms with Gasteiger partial charge in [0.05, 0.1) is 13.7 Å². The van der Waals surface area contributed by atoms with Crippen LogP contribution in [-0.2, 0) is 32.9 Å². The number of fused-ring (bicyclic) bond motifs is 3. The van der Waals surface area contributed by atoms with Crippen molar-refractivity contribution in [2.45, 2.75) is 87.9 Å². The van der Waals surface area contributed by atoms with Crippen molar-refractivity contribution >= 4 is 35.2 Å². The summed E-state index contributed by atoms with van der Waals surface area (Å²) < 4.78 is 6.37. The van der Waals surface area contributed by atoms with E-state index in [2.05, 4.69) is 171 Å². The Balaban J connectivity index is 0.000000212. The normalized spacial score (nSPS) is 11.8. The first-order valence-electron chi connectivity index (χ1n) is 18.9. The molecule has 4 aromatic carbocycles. The summed E-state index contributed by atoms with van der Waals surface area (Å²) >= 11 is 0. The van der Waals surface area contributed by atoms with Crippen LogP contribution in [0.15, 0.2) is 102 Å². The third kappa shape index (κ3) is 9.55. The average molecular weight is 907 g/mol. The molecule has 3 aromatic heterocycles.